The molecule has 24 heavy (non-hydrogen) atoms. The molecule has 0 aromatic heterocycles. The first-order valence-electron chi connectivity index (χ1n) is 7.94. The second-order valence-electron chi connectivity index (χ2n) is 6.10. The molecular weight excluding hydrogens is 299 g/mol. The summed E-state index contributed by atoms with van der Waals surface area (Å²) in [7, 11) is 4.07. The molecule has 0 aliphatic rings. The second kappa shape index (κ2) is 6.75. The molecule has 0 atom stereocenters. The standard InChI is InChI=1S/C21H21FN2/c1-15-4-5-17(16-6-12-20(13-7-16)24(2)3)14-21(15)23-19-10-8-18(22)9-11-19/h4-14,23H,1-3H3. The summed E-state index contributed by atoms with van der Waals surface area (Å²) in [5, 5.41) is 3.36. The number of hydrogen-bond donors (Lipinski definition) is 1. The lowest BCUT2D eigenvalue weighted by molar-refractivity contribution is 0.628. The van der Waals surface area contributed by atoms with Crippen LogP contribution in [0, 0.1) is 12.7 Å². The van der Waals surface area contributed by atoms with E-state index in [4.69, 9.17) is 0 Å². The van der Waals surface area contributed by atoms with Gasteiger partial charge in [0.05, 0.1) is 0 Å². The molecule has 0 amide bonds. The Kier molecular flexibility index (Phi) is 4.52. The van der Waals surface area contributed by atoms with E-state index in [1.165, 1.54) is 23.4 Å². The maximum Gasteiger partial charge on any atom is 0.123 e. The SMILES string of the molecule is Cc1ccc(-c2ccc(N(C)C)cc2)cc1Nc1ccc(F)cc1. The Labute approximate surface area is 142 Å². The lowest BCUT2D eigenvalue weighted by atomic mass is 10.0. The van der Waals surface area contributed by atoms with Gasteiger partial charge in [-0.3, -0.25) is 0 Å². The summed E-state index contributed by atoms with van der Waals surface area (Å²) in [4.78, 5) is 2.08. The minimum atomic E-state index is -0.230. The molecule has 1 N–H and O–H groups in total. The molecule has 0 saturated heterocycles. The van der Waals surface area contributed by atoms with Crippen LogP contribution in [0.3, 0.4) is 0 Å². The van der Waals surface area contributed by atoms with E-state index in [9.17, 15) is 4.39 Å². The van der Waals surface area contributed by atoms with Crippen LogP contribution in [0.1, 0.15) is 5.56 Å². The van der Waals surface area contributed by atoms with Gasteiger partial charge in [-0.05, 0) is 66.1 Å². The molecular formula is C21H21FN2. The van der Waals surface area contributed by atoms with Crippen LogP contribution in [-0.2, 0) is 0 Å². The highest BCUT2D eigenvalue weighted by molar-refractivity contribution is 5.74. The Hall–Kier alpha value is -2.81. The fourth-order valence-electron chi connectivity index (χ4n) is 2.58. The lowest BCUT2D eigenvalue weighted by Gasteiger charge is -2.14. The van der Waals surface area contributed by atoms with Crippen molar-refractivity contribution in [3.63, 3.8) is 0 Å². The van der Waals surface area contributed by atoms with Gasteiger partial charge < -0.3 is 10.2 Å². The van der Waals surface area contributed by atoms with Crippen LogP contribution in [0.2, 0.25) is 0 Å². The van der Waals surface area contributed by atoms with Crippen LogP contribution in [0.4, 0.5) is 21.5 Å². The normalized spacial score (nSPS) is 10.5. The van der Waals surface area contributed by atoms with Crippen molar-refractivity contribution in [3.8, 4) is 11.1 Å². The fourth-order valence-corrected chi connectivity index (χ4v) is 2.58. The zero-order valence-corrected chi connectivity index (χ0v) is 14.2. The molecule has 0 radical (unpaired) electrons. The largest absolute Gasteiger partial charge is 0.378 e. The molecule has 122 valence electrons. The minimum Gasteiger partial charge on any atom is -0.378 e. The Balaban J connectivity index is 1.89. The van der Waals surface area contributed by atoms with Crippen LogP contribution in [0.15, 0.2) is 66.7 Å². The first kappa shape index (κ1) is 16.1. The zero-order chi connectivity index (χ0) is 17.1. The maximum atomic E-state index is 13.0. The lowest BCUT2D eigenvalue weighted by Crippen LogP contribution is -2.07. The quantitative estimate of drug-likeness (QED) is 0.672. The highest BCUT2D eigenvalue weighted by Crippen LogP contribution is 2.29. The Morgan fingerprint density at radius 1 is 0.792 bits per heavy atom. The third-order valence-electron chi connectivity index (χ3n) is 4.08. The fraction of sp³-hybridized carbons (Fsp3) is 0.143. The predicted octanol–water partition coefficient (Wildman–Crippen LogP) is 5.61. The van der Waals surface area contributed by atoms with Gasteiger partial charge >= 0.3 is 0 Å². The third-order valence-corrected chi connectivity index (χ3v) is 4.08. The summed E-state index contributed by atoms with van der Waals surface area (Å²) in [6.07, 6.45) is 0. The molecule has 3 aromatic carbocycles. The average molecular weight is 320 g/mol. The number of benzene rings is 3. The van der Waals surface area contributed by atoms with E-state index < -0.39 is 0 Å². The maximum absolute atomic E-state index is 13.0. The number of hydrogen-bond acceptors (Lipinski definition) is 2. The van der Waals surface area contributed by atoms with Gasteiger partial charge in [-0.25, -0.2) is 4.39 Å². The number of nitrogens with zero attached hydrogens (tertiary/aromatic N) is 1. The van der Waals surface area contributed by atoms with Crippen molar-refractivity contribution >= 4 is 17.1 Å². The summed E-state index contributed by atoms with van der Waals surface area (Å²) >= 11 is 0. The van der Waals surface area contributed by atoms with Crippen LogP contribution in [0.25, 0.3) is 11.1 Å². The number of anilines is 3. The summed E-state index contributed by atoms with van der Waals surface area (Å²) in [5.41, 5.74) is 6.54. The summed E-state index contributed by atoms with van der Waals surface area (Å²) in [5.74, 6) is -0.230. The molecule has 0 bridgehead atoms. The smallest absolute Gasteiger partial charge is 0.123 e. The van der Waals surface area contributed by atoms with E-state index >= 15 is 0 Å². The highest BCUT2D eigenvalue weighted by Gasteiger charge is 2.04. The van der Waals surface area contributed by atoms with Gasteiger partial charge in [0.2, 0.25) is 0 Å². The molecule has 0 heterocycles. The van der Waals surface area contributed by atoms with Crippen molar-refractivity contribution in [2.75, 3.05) is 24.3 Å². The molecule has 0 unspecified atom stereocenters. The topological polar surface area (TPSA) is 15.3 Å². The van der Waals surface area contributed by atoms with Gasteiger partial charge in [-0.1, -0.05) is 24.3 Å². The average Bonchev–Trinajstić information content (AvgIpc) is 2.59. The molecule has 0 aliphatic carbocycles. The van der Waals surface area contributed by atoms with E-state index in [0.717, 1.165) is 22.5 Å². The second-order valence-corrected chi connectivity index (χ2v) is 6.10. The molecule has 0 spiro atoms. The molecule has 0 saturated carbocycles. The van der Waals surface area contributed by atoms with E-state index in [0.29, 0.717) is 0 Å². The molecule has 3 heteroatoms. The number of nitrogens with one attached hydrogen (secondary N) is 1. The van der Waals surface area contributed by atoms with E-state index in [-0.39, 0.29) is 5.82 Å². The first-order valence-corrected chi connectivity index (χ1v) is 7.94. The van der Waals surface area contributed by atoms with Crippen molar-refractivity contribution in [3.05, 3.63) is 78.1 Å². The van der Waals surface area contributed by atoms with Crippen molar-refractivity contribution in [1.82, 2.24) is 0 Å². The van der Waals surface area contributed by atoms with Gasteiger partial charge in [-0.2, -0.15) is 0 Å². The van der Waals surface area contributed by atoms with Crippen LogP contribution < -0.4 is 10.2 Å². The first-order chi connectivity index (χ1) is 11.5. The van der Waals surface area contributed by atoms with Gasteiger partial charge in [0.1, 0.15) is 5.82 Å². The minimum absolute atomic E-state index is 0.230. The summed E-state index contributed by atoms with van der Waals surface area (Å²) in [6.45, 7) is 2.06. The van der Waals surface area contributed by atoms with E-state index in [1.54, 1.807) is 12.1 Å². The summed E-state index contributed by atoms with van der Waals surface area (Å²) in [6, 6.07) is 21.2. The molecule has 3 aromatic rings. The summed E-state index contributed by atoms with van der Waals surface area (Å²) < 4.78 is 13.0. The van der Waals surface area contributed by atoms with Crippen LogP contribution >= 0.6 is 0 Å². The predicted molar refractivity (Wildman–Crippen MR) is 101 cm³/mol. The van der Waals surface area contributed by atoms with Crippen LogP contribution in [-0.4, -0.2) is 14.1 Å². The zero-order valence-electron chi connectivity index (χ0n) is 14.2. The number of halogens is 1. The Bertz CT molecular complexity index is 821. The number of aryl methyl sites for hydroxylation is 1. The van der Waals surface area contributed by atoms with Crippen molar-refractivity contribution in [1.29, 1.82) is 0 Å². The van der Waals surface area contributed by atoms with E-state index in [2.05, 4.69) is 59.6 Å². The molecule has 0 aliphatic heterocycles. The Morgan fingerprint density at radius 3 is 2.04 bits per heavy atom. The Morgan fingerprint density at radius 2 is 1.42 bits per heavy atom. The highest BCUT2D eigenvalue weighted by atomic mass is 19.1. The molecule has 3 rings (SSSR count). The third kappa shape index (κ3) is 3.57. The van der Waals surface area contributed by atoms with Crippen LogP contribution in [0.5, 0.6) is 0 Å². The van der Waals surface area contributed by atoms with E-state index in [1.807, 2.05) is 14.1 Å². The number of rotatable bonds is 4. The van der Waals surface area contributed by atoms with Crippen molar-refractivity contribution < 1.29 is 4.39 Å². The van der Waals surface area contributed by atoms with Gasteiger partial charge in [0, 0.05) is 31.2 Å². The van der Waals surface area contributed by atoms with Crippen molar-refractivity contribution in [2.45, 2.75) is 6.92 Å². The molecule has 0 fully saturated rings. The monoisotopic (exact) mass is 320 g/mol. The van der Waals surface area contributed by atoms with Gasteiger partial charge in [-0.15, -0.1) is 0 Å². The molecule has 2 nitrogen and oxygen atoms in total. The van der Waals surface area contributed by atoms with Gasteiger partial charge in [0.15, 0.2) is 0 Å². The van der Waals surface area contributed by atoms with Crippen molar-refractivity contribution in [2.24, 2.45) is 0 Å². The van der Waals surface area contributed by atoms with Gasteiger partial charge in [0.25, 0.3) is 0 Å².